The van der Waals surface area contributed by atoms with Gasteiger partial charge in [-0.15, -0.1) is 0 Å². The number of benzene rings is 1. The number of nitrogens with one attached hydrogen (secondary N) is 1. The van der Waals surface area contributed by atoms with E-state index >= 15 is 0 Å². The van der Waals surface area contributed by atoms with Gasteiger partial charge in [-0.05, 0) is 36.3 Å². The first-order chi connectivity index (χ1) is 14.4. The third-order valence-electron chi connectivity index (χ3n) is 4.61. The van der Waals surface area contributed by atoms with E-state index in [0.29, 0.717) is 41.5 Å². The first kappa shape index (κ1) is 22.3. The molecule has 1 aromatic heterocycles. The lowest BCUT2D eigenvalue weighted by Gasteiger charge is -2.27. The molecule has 1 aliphatic heterocycles. The van der Waals surface area contributed by atoms with Gasteiger partial charge in [0.05, 0.1) is 22.3 Å². The number of pyridine rings is 1. The lowest BCUT2D eigenvalue weighted by atomic mass is 10.0. The summed E-state index contributed by atoms with van der Waals surface area (Å²) in [6.07, 6.45) is 2.85. The fraction of sp³-hybridized carbons (Fsp3) is 0.300. The maximum Gasteiger partial charge on any atom is 0.322 e. The number of halogens is 3. The molecule has 160 valence electrons. The highest BCUT2D eigenvalue weighted by molar-refractivity contribution is 6.32. The molecule has 2 amide bonds. The lowest BCUT2D eigenvalue weighted by Crippen LogP contribution is -2.38. The van der Waals surface area contributed by atoms with Crippen molar-refractivity contribution in [3.05, 3.63) is 57.8 Å². The van der Waals surface area contributed by atoms with Crippen LogP contribution in [0, 0.1) is 0 Å². The lowest BCUT2D eigenvalue weighted by molar-refractivity contribution is 0.0953. The van der Waals surface area contributed by atoms with Crippen LogP contribution in [0.5, 0.6) is 5.75 Å². The highest BCUT2D eigenvalue weighted by Gasteiger charge is 2.21. The van der Waals surface area contributed by atoms with Gasteiger partial charge in [0.2, 0.25) is 6.86 Å². The summed E-state index contributed by atoms with van der Waals surface area (Å²) in [6.45, 7) is -0.594. The minimum atomic E-state index is -1.03. The van der Waals surface area contributed by atoms with Crippen molar-refractivity contribution < 1.29 is 24.1 Å². The summed E-state index contributed by atoms with van der Waals surface area (Å²) in [5.41, 5.74) is 2.38. The molecule has 0 fully saturated rings. The number of aliphatic hydroxyl groups excluding tert-OH is 2. The van der Waals surface area contributed by atoms with Gasteiger partial charge in [-0.1, -0.05) is 29.3 Å². The van der Waals surface area contributed by atoms with Gasteiger partial charge in [0, 0.05) is 30.5 Å². The van der Waals surface area contributed by atoms with Crippen LogP contribution in [0.25, 0.3) is 5.57 Å². The van der Waals surface area contributed by atoms with E-state index in [1.165, 1.54) is 18.3 Å². The first-order valence-corrected chi connectivity index (χ1v) is 9.86. The molecule has 0 bridgehead atoms. The van der Waals surface area contributed by atoms with Crippen LogP contribution < -0.4 is 10.1 Å². The van der Waals surface area contributed by atoms with Crippen LogP contribution in [0.4, 0.5) is 14.9 Å². The van der Waals surface area contributed by atoms with Crippen molar-refractivity contribution in [3.8, 4) is 5.75 Å². The Labute approximate surface area is 182 Å². The van der Waals surface area contributed by atoms with E-state index in [4.69, 9.17) is 33.0 Å². The summed E-state index contributed by atoms with van der Waals surface area (Å²) in [5, 5.41) is 22.0. The molecule has 2 heterocycles. The number of carbonyl (C=O) groups excluding carboxylic acids is 1. The Kier molecular flexibility index (Phi) is 7.49. The molecule has 0 spiro atoms. The second-order valence-corrected chi connectivity index (χ2v) is 7.37. The van der Waals surface area contributed by atoms with E-state index < -0.39 is 19.6 Å². The van der Waals surface area contributed by atoms with Gasteiger partial charge in [0.15, 0.2) is 0 Å². The fourth-order valence-corrected chi connectivity index (χ4v) is 3.53. The Morgan fingerprint density at radius 1 is 1.33 bits per heavy atom. The Hall–Kier alpha value is -2.39. The SMILES string of the molecule is O=C(Nc1ccc(OCF)c(Cl)c1)N1CC=C(c2ncc([C@H](O)CO)cc2Cl)CC1. The zero-order valence-corrected chi connectivity index (χ0v) is 17.3. The summed E-state index contributed by atoms with van der Waals surface area (Å²) < 4.78 is 17.0. The van der Waals surface area contributed by atoms with Gasteiger partial charge in [-0.3, -0.25) is 4.98 Å². The monoisotopic (exact) mass is 455 g/mol. The molecule has 3 rings (SSSR count). The van der Waals surface area contributed by atoms with Crippen molar-refractivity contribution >= 4 is 40.5 Å². The minimum absolute atomic E-state index is 0.196. The number of aromatic nitrogens is 1. The van der Waals surface area contributed by atoms with E-state index in [1.807, 2.05) is 6.08 Å². The third-order valence-corrected chi connectivity index (χ3v) is 5.20. The summed E-state index contributed by atoms with van der Waals surface area (Å²) >= 11 is 12.3. The van der Waals surface area contributed by atoms with Crippen LogP contribution in [0.1, 0.15) is 23.8 Å². The maximum absolute atomic E-state index is 12.5. The van der Waals surface area contributed by atoms with Crippen LogP contribution in [0.2, 0.25) is 10.0 Å². The van der Waals surface area contributed by atoms with Crippen molar-refractivity contribution in [1.29, 1.82) is 0 Å². The molecule has 7 nitrogen and oxygen atoms in total. The predicted molar refractivity (Wildman–Crippen MR) is 113 cm³/mol. The number of rotatable bonds is 6. The number of anilines is 1. The highest BCUT2D eigenvalue weighted by atomic mass is 35.5. The maximum atomic E-state index is 12.5. The van der Waals surface area contributed by atoms with Gasteiger partial charge in [0.25, 0.3) is 0 Å². The van der Waals surface area contributed by atoms with Gasteiger partial charge >= 0.3 is 6.03 Å². The zero-order chi connectivity index (χ0) is 21.7. The van der Waals surface area contributed by atoms with Crippen molar-refractivity contribution in [2.45, 2.75) is 12.5 Å². The third kappa shape index (κ3) is 5.20. The van der Waals surface area contributed by atoms with Gasteiger partial charge in [-0.2, -0.15) is 0 Å². The van der Waals surface area contributed by atoms with E-state index in [-0.39, 0.29) is 16.8 Å². The van der Waals surface area contributed by atoms with E-state index in [2.05, 4.69) is 10.3 Å². The topological polar surface area (TPSA) is 94.9 Å². The van der Waals surface area contributed by atoms with Crippen molar-refractivity contribution in [2.24, 2.45) is 0 Å². The molecular weight excluding hydrogens is 436 g/mol. The van der Waals surface area contributed by atoms with Crippen LogP contribution >= 0.6 is 23.2 Å². The number of hydrogen-bond donors (Lipinski definition) is 3. The number of amides is 2. The summed E-state index contributed by atoms with van der Waals surface area (Å²) in [7, 11) is 0. The van der Waals surface area contributed by atoms with Gasteiger partial charge in [-0.25, -0.2) is 9.18 Å². The van der Waals surface area contributed by atoms with Gasteiger partial charge < -0.3 is 25.2 Å². The second-order valence-electron chi connectivity index (χ2n) is 6.55. The standard InChI is InChI=1S/C20H20Cl2FN3O4/c21-15-8-14(1-2-18(15)30-11-23)25-20(29)26-5-3-12(4-6-26)19-16(22)7-13(9-24-19)17(28)10-27/h1-3,7-9,17,27-28H,4-6,10-11H2,(H,25,29)/t17-/m1/s1. The zero-order valence-electron chi connectivity index (χ0n) is 15.8. The molecule has 0 saturated carbocycles. The molecule has 1 atom stereocenters. The number of urea groups is 1. The normalized spacial score (nSPS) is 14.8. The molecule has 1 aliphatic rings. The summed E-state index contributed by atoms with van der Waals surface area (Å²) in [4.78, 5) is 18.4. The Morgan fingerprint density at radius 3 is 2.73 bits per heavy atom. The molecule has 0 saturated heterocycles. The largest absolute Gasteiger partial charge is 0.461 e. The molecule has 0 aliphatic carbocycles. The van der Waals surface area contributed by atoms with Crippen molar-refractivity contribution in [2.75, 3.05) is 31.9 Å². The quantitative estimate of drug-likeness (QED) is 0.610. The summed E-state index contributed by atoms with van der Waals surface area (Å²) in [6, 6.07) is 5.82. The summed E-state index contributed by atoms with van der Waals surface area (Å²) in [5.74, 6) is 0.199. The van der Waals surface area contributed by atoms with E-state index in [9.17, 15) is 14.3 Å². The van der Waals surface area contributed by atoms with Crippen molar-refractivity contribution in [1.82, 2.24) is 9.88 Å². The highest BCUT2D eigenvalue weighted by Crippen LogP contribution is 2.30. The van der Waals surface area contributed by atoms with E-state index in [1.54, 1.807) is 17.0 Å². The van der Waals surface area contributed by atoms with Gasteiger partial charge in [0.1, 0.15) is 11.9 Å². The number of ether oxygens (including phenoxy) is 1. The Morgan fingerprint density at radius 2 is 2.13 bits per heavy atom. The number of aliphatic hydroxyl groups is 2. The number of hydrogen-bond acceptors (Lipinski definition) is 5. The predicted octanol–water partition coefficient (Wildman–Crippen LogP) is 4.04. The van der Waals surface area contributed by atoms with Crippen LogP contribution in [0.15, 0.2) is 36.5 Å². The molecule has 0 radical (unpaired) electrons. The number of alkyl halides is 1. The average Bonchev–Trinajstić information content (AvgIpc) is 2.75. The molecule has 10 heteroatoms. The molecule has 3 N–H and O–H groups in total. The Balaban J connectivity index is 1.64. The molecule has 1 aromatic carbocycles. The van der Waals surface area contributed by atoms with E-state index in [0.717, 1.165) is 5.57 Å². The second kappa shape index (κ2) is 10.1. The minimum Gasteiger partial charge on any atom is -0.461 e. The first-order valence-electron chi connectivity index (χ1n) is 9.11. The molecule has 2 aromatic rings. The number of carbonyl (C=O) groups is 1. The van der Waals surface area contributed by atoms with Crippen LogP contribution in [0.3, 0.4) is 0 Å². The number of nitrogens with zero attached hydrogens (tertiary/aromatic N) is 2. The molecule has 0 unspecified atom stereocenters. The fourth-order valence-electron chi connectivity index (χ4n) is 3.00. The Bertz CT molecular complexity index is 958. The van der Waals surface area contributed by atoms with Crippen LogP contribution in [-0.2, 0) is 0 Å². The molecular formula is C20H20Cl2FN3O4. The smallest absolute Gasteiger partial charge is 0.322 e. The average molecular weight is 456 g/mol. The van der Waals surface area contributed by atoms with Crippen LogP contribution in [-0.4, -0.2) is 52.7 Å². The van der Waals surface area contributed by atoms with Crippen molar-refractivity contribution in [3.63, 3.8) is 0 Å². The molecule has 30 heavy (non-hydrogen) atoms.